The zero-order valence-electron chi connectivity index (χ0n) is 9.82. The van der Waals surface area contributed by atoms with Crippen molar-refractivity contribution in [2.75, 3.05) is 19.6 Å². The van der Waals surface area contributed by atoms with E-state index in [2.05, 4.69) is 10.6 Å². The molecule has 0 aliphatic heterocycles. The van der Waals surface area contributed by atoms with E-state index in [0.717, 1.165) is 6.08 Å². The van der Waals surface area contributed by atoms with Gasteiger partial charge >= 0.3 is 5.97 Å². The highest BCUT2D eigenvalue weighted by Gasteiger charge is 2.00. The van der Waals surface area contributed by atoms with Crippen LogP contribution in [0.4, 0.5) is 0 Å². The molecule has 0 atom stereocenters. The number of carboxylic acids is 1. The highest BCUT2D eigenvalue weighted by atomic mass is 16.4. The highest BCUT2D eigenvalue weighted by Crippen LogP contribution is 1.87. The molecule has 0 aromatic rings. The molecule has 0 aliphatic carbocycles. The van der Waals surface area contributed by atoms with Gasteiger partial charge in [-0.2, -0.15) is 0 Å². The maximum atomic E-state index is 11.2. The summed E-state index contributed by atoms with van der Waals surface area (Å²) in [5.74, 6) is -0.490. The highest BCUT2D eigenvalue weighted by molar-refractivity contribution is 5.79. The number of carbonyl (C=O) groups excluding carboxylic acids is 1. The molecule has 0 unspecified atom stereocenters. The van der Waals surface area contributed by atoms with E-state index in [4.69, 9.17) is 5.11 Å². The van der Waals surface area contributed by atoms with Crippen LogP contribution in [0, 0.1) is 5.92 Å². The fourth-order valence-electron chi connectivity index (χ4n) is 0.953. The summed E-state index contributed by atoms with van der Waals surface area (Å²) in [4.78, 5) is 21.3. The van der Waals surface area contributed by atoms with Gasteiger partial charge in [-0.05, 0) is 5.92 Å². The first kappa shape index (κ1) is 14.6. The van der Waals surface area contributed by atoms with Crippen LogP contribution in [0.1, 0.15) is 20.3 Å². The van der Waals surface area contributed by atoms with Crippen molar-refractivity contribution < 1.29 is 14.7 Å². The molecule has 0 saturated heterocycles. The summed E-state index contributed by atoms with van der Waals surface area (Å²) in [5.41, 5.74) is 0. The van der Waals surface area contributed by atoms with Crippen LogP contribution >= 0.6 is 0 Å². The van der Waals surface area contributed by atoms with Gasteiger partial charge in [0.1, 0.15) is 0 Å². The molecular formula is C11H20N2O3. The molecule has 0 spiro atoms. The molecule has 5 heteroatoms. The Morgan fingerprint density at radius 3 is 2.62 bits per heavy atom. The second-order valence-electron chi connectivity index (χ2n) is 3.89. The molecule has 3 N–H and O–H groups in total. The van der Waals surface area contributed by atoms with Gasteiger partial charge in [0.2, 0.25) is 5.91 Å². The average Bonchev–Trinajstić information content (AvgIpc) is 2.19. The Morgan fingerprint density at radius 2 is 2.06 bits per heavy atom. The van der Waals surface area contributed by atoms with Gasteiger partial charge in [-0.1, -0.05) is 19.9 Å². The lowest BCUT2D eigenvalue weighted by Gasteiger charge is -2.07. The van der Waals surface area contributed by atoms with E-state index in [0.29, 0.717) is 32.0 Å². The van der Waals surface area contributed by atoms with Gasteiger partial charge in [-0.3, -0.25) is 4.79 Å². The Hall–Kier alpha value is -1.36. The minimum absolute atomic E-state index is 0.0171. The topological polar surface area (TPSA) is 78.4 Å². The van der Waals surface area contributed by atoms with Crippen molar-refractivity contribution in [1.29, 1.82) is 0 Å². The average molecular weight is 228 g/mol. The molecule has 0 aromatic carbocycles. The molecule has 0 heterocycles. The van der Waals surface area contributed by atoms with Crippen LogP contribution in [-0.2, 0) is 9.59 Å². The van der Waals surface area contributed by atoms with E-state index in [1.165, 1.54) is 6.08 Å². The number of amides is 1. The second kappa shape index (κ2) is 8.91. The predicted octanol–water partition coefficient (Wildman–Crippen LogP) is 0.379. The number of carbonyl (C=O) groups is 2. The minimum atomic E-state index is -0.962. The Labute approximate surface area is 95.9 Å². The van der Waals surface area contributed by atoms with E-state index < -0.39 is 5.97 Å². The predicted molar refractivity (Wildman–Crippen MR) is 62.1 cm³/mol. The van der Waals surface area contributed by atoms with Gasteiger partial charge in [0, 0.05) is 32.1 Å². The molecule has 0 aliphatic rings. The number of hydrogen-bond donors (Lipinski definition) is 3. The lowest BCUT2D eigenvalue weighted by Crippen LogP contribution is -2.30. The van der Waals surface area contributed by atoms with Crippen molar-refractivity contribution >= 4 is 11.9 Å². The zero-order valence-corrected chi connectivity index (χ0v) is 9.82. The monoisotopic (exact) mass is 228 g/mol. The van der Waals surface area contributed by atoms with Crippen LogP contribution < -0.4 is 10.6 Å². The maximum absolute atomic E-state index is 11.2. The summed E-state index contributed by atoms with van der Waals surface area (Å²) in [5, 5.41) is 14.0. The van der Waals surface area contributed by atoms with Gasteiger partial charge in [-0.15, -0.1) is 0 Å². The van der Waals surface area contributed by atoms with Crippen molar-refractivity contribution in [3.05, 3.63) is 12.2 Å². The zero-order chi connectivity index (χ0) is 12.4. The Morgan fingerprint density at radius 1 is 1.38 bits per heavy atom. The van der Waals surface area contributed by atoms with Crippen LogP contribution in [0.2, 0.25) is 0 Å². The van der Waals surface area contributed by atoms with E-state index in [9.17, 15) is 9.59 Å². The third-order valence-electron chi connectivity index (χ3n) is 1.76. The summed E-state index contributed by atoms with van der Waals surface area (Å²) >= 11 is 0. The fraction of sp³-hybridized carbons (Fsp3) is 0.636. The third-order valence-corrected chi connectivity index (χ3v) is 1.76. The molecule has 0 saturated carbocycles. The molecular weight excluding hydrogens is 208 g/mol. The molecule has 92 valence electrons. The van der Waals surface area contributed by atoms with Gasteiger partial charge in [0.15, 0.2) is 0 Å². The van der Waals surface area contributed by atoms with Crippen LogP contribution in [0.25, 0.3) is 0 Å². The van der Waals surface area contributed by atoms with Crippen molar-refractivity contribution in [2.45, 2.75) is 20.3 Å². The van der Waals surface area contributed by atoms with E-state index in [-0.39, 0.29) is 5.91 Å². The molecule has 0 radical (unpaired) electrons. The van der Waals surface area contributed by atoms with Crippen LogP contribution in [0.5, 0.6) is 0 Å². The quantitative estimate of drug-likeness (QED) is 0.414. The summed E-state index contributed by atoms with van der Waals surface area (Å²) in [6.07, 6.45) is 2.99. The number of hydrogen-bond acceptors (Lipinski definition) is 3. The molecule has 1 amide bonds. The van der Waals surface area contributed by atoms with Gasteiger partial charge in [0.25, 0.3) is 0 Å². The lowest BCUT2D eigenvalue weighted by molar-refractivity contribution is -0.131. The SMILES string of the molecule is CC(C)CNC(=O)CCNC/C=C/C(=O)O. The summed E-state index contributed by atoms with van der Waals surface area (Å²) < 4.78 is 0. The minimum Gasteiger partial charge on any atom is -0.478 e. The standard InChI is InChI=1S/C11H20N2O3/c1-9(2)8-13-10(14)5-7-12-6-3-4-11(15)16/h3-4,9,12H,5-8H2,1-2H3,(H,13,14)(H,15,16)/b4-3+. The van der Waals surface area contributed by atoms with Crippen molar-refractivity contribution in [3.8, 4) is 0 Å². The number of rotatable bonds is 8. The van der Waals surface area contributed by atoms with E-state index in [1.807, 2.05) is 13.8 Å². The first-order chi connectivity index (χ1) is 7.52. The molecule has 5 nitrogen and oxygen atoms in total. The Balaban J connectivity index is 3.38. The normalized spacial score (nSPS) is 10.9. The summed E-state index contributed by atoms with van der Waals surface area (Å²) in [6, 6.07) is 0. The third kappa shape index (κ3) is 10.7. The van der Waals surface area contributed by atoms with Gasteiger partial charge < -0.3 is 15.7 Å². The smallest absolute Gasteiger partial charge is 0.328 e. The van der Waals surface area contributed by atoms with Crippen molar-refractivity contribution in [3.63, 3.8) is 0 Å². The molecule has 0 aromatic heterocycles. The Bertz CT molecular complexity index is 250. The lowest BCUT2D eigenvalue weighted by atomic mass is 10.2. The van der Waals surface area contributed by atoms with Crippen LogP contribution in [0.3, 0.4) is 0 Å². The molecule has 0 fully saturated rings. The van der Waals surface area contributed by atoms with Crippen LogP contribution in [-0.4, -0.2) is 36.6 Å². The molecule has 0 bridgehead atoms. The van der Waals surface area contributed by atoms with E-state index in [1.54, 1.807) is 0 Å². The fourth-order valence-corrected chi connectivity index (χ4v) is 0.953. The maximum Gasteiger partial charge on any atom is 0.328 e. The first-order valence-electron chi connectivity index (χ1n) is 5.39. The van der Waals surface area contributed by atoms with Crippen LogP contribution in [0.15, 0.2) is 12.2 Å². The summed E-state index contributed by atoms with van der Waals surface area (Å²) in [7, 11) is 0. The van der Waals surface area contributed by atoms with Gasteiger partial charge in [0.05, 0.1) is 0 Å². The second-order valence-corrected chi connectivity index (χ2v) is 3.89. The largest absolute Gasteiger partial charge is 0.478 e. The van der Waals surface area contributed by atoms with E-state index >= 15 is 0 Å². The number of carboxylic acid groups (broad SMARTS) is 1. The van der Waals surface area contributed by atoms with Gasteiger partial charge in [-0.25, -0.2) is 4.79 Å². The number of aliphatic carboxylic acids is 1. The molecule has 16 heavy (non-hydrogen) atoms. The molecule has 0 rings (SSSR count). The number of nitrogens with one attached hydrogen (secondary N) is 2. The van der Waals surface area contributed by atoms with Crippen molar-refractivity contribution in [2.24, 2.45) is 5.92 Å². The first-order valence-corrected chi connectivity index (χ1v) is 5.39. The Kier molecular flexibility index (Phi) is 8.15. The summed E-state index contributed by atoms with van der Waals surface area (Å²) in [6.45, 7) is 5.78. The van der Waals surface area contributed by atoms with Crippen molar-refractivity contribution in [1.82, 2.24) is 10.6 Å².